The number of nitrogens with two attached hydrogens (primary N) is 1. The van der Waals surface area contributed by atoms with Crippen LogP contribution in [0.1, 0.15) is 39.2 Å². The third-order valence-electron chi connectivity index (χ3n) is 3.56. The molecule has 7 nitrogen and oxygen atoms in total. The summed E-state index contributed by atoms with van der Waals surface area (Å²) in [4.78, 5) is 23.8. The number of hydrogen-bond acceptors (Lipinski definition) is 4. The summed E-state index contributed by atoms with van der Waals surface area (Å²) >= 11 is 0. The first-order chi connectivity index (χ1) is 12.2. The first-order valence-electron chi connectivity index (χ1n) is 8.86. The van der Waals surface area contributed by atoms with Gasteiger partial charge < -0.3 is 25.4 Å². The number of nitrogens with one attached hydrogen (secondary N) is 1. The van der Waals surface area contributed by atoms with Crippen LogP contribution in [0.4, 0.5) is 9.59 Å². The van der Waals surface area contributed by atoms with Gasteiger partial charge >= 0.3 is 12.1 Å². The molecule has 0 aliphatic carbocycles. The highest BCUT2D eigenvalue weighted by Gasteiger charge is 2.15. The van der Waals surface area contributed by atoms with Gasteiger partial charge in [-0.3, -0.25) is 0 Å². The lowest BCUT2D eigenvalue weighted by atomic mass is 10.1. The van der Waals surface area contributed by atoms with Crippen molar-refractivity contribution in [3.05, 3.63) is 29.8 Å². The number of likely N-dealkylation sites (N-methyl/N-ethyl adjacent to an activating group) is 1. The van der Waals surface area contributed by atoms with Crippen LogP contribution in [-0.2, 0) is 11.2 Å². The van der Waals surface area contributed by atoms with Gasteiger partial charge in [0.05, 0.1) is 6.54 Å². The number of alkyl carbamates (subject to hydrolysis) is 1. The number of carbonyl (C=O) groups excluding carboxylic acids is 2. The van der Waals surface area contributed by atoms with Gasteiger partial charge in [0.1, 0.15) is 18.0 Å². The Morgan fingerprint density at radius 3 is 2.38 bits per heavy atom. The topological polar surface area (TPSA) is 93.9 Å². The fourth-order valence-electron chi connectivity index (χ4n) is 2.12. The summed E-state index contributed by atoms with van der Waals surface area (Å²) in [5.41, 5.74) is 5.89. The molecule has 0 bridgehead atoms. The van der Waals surface area contributed by atoms with E-state index in [0.717, 1.165) is 25.0 Å². The summed E-state index contributed by atoms with van der Waals surface area (Å²) in [6.07, 6.45) is 2.41. The van der Waals surface area contributed by atoms with Gasteiger partial charge in [-0.25, -0.2) is 9.59 Å². The molecule has 3 N–H and O–H groups in total. The Labute approximate surface area is 155 Å². The van der Waals surface area contributed by atoms with E-state index >= 15 is 0 Å². The first kappa shape index (κ1) is 21.6. The summed E-state index contributed by atoms with van der Waals surface area (Å²) < 4.78 is 10.8. The van der Waals surface area contributed by atoms with Crippen molar-refractivity contribution in [2.45, 2.75) is 45.6 Å². The Kier molecular flexibility index (Phi) is 8.75. The standard InChI is InChI=1S/C19H31N3O4/c1-19(2,3)26-18(24)21-12-6-5-7-15-8-10-16(11-9-15)25-14-13-22(4)17(20)23/h8-11H,5-7,12-14H2,1-4H3,(H2,20,23)(H,21,24). The Morgan fingerprint density at radius 1 is 1.15 bits per heavy atom. The van der Waals surface area contributed by atoms with Gasteiger partial charge in [0.15, 0.2) is 0 Å². The molecule has 0 aliphatic rings. The molecule has 0 saturated heterocycles. The Morgan fingerprint density at radius 2 is 1.81 bits per heavy atom. The minimum Gasteiger partial charge on any atom is -0.492 e. The van der Waals surface area contributed by atoms with E-state index < -0.39 is 11.6 Å². The molecular formula is C19H31N3O4. The number of primary amides is 1. The maximum Gasteiger partial charge on any atom is 0.407 e. The summed E-state index contributed by atoms with van der Waals surface area (Å²) in [5.74, 6) is 0.762. The fraction of sp³-hybridized carbons (Fsp3) is 0.579. The number of hydrogen-bond donors (Lipinski definition) is 2. The van der Waals surface area contributed by atoms with E-state index in [0.29, 0.717) is 19.7 Å². The van der Waals surface area contributed by atoms with Gasteiger partial charge in [-0.15, -0.1) is 0 Å². The van der Waals surface area contributed by atoms with Gasteiger partial charge in [0, 0.05) is 13.6 Å². The lowest BCUT2D eigenvalue weighted by Gasteiger charge is -2.19. The number of amides is 3. The van der Waals surface area contributed by atoms with Crippen LogP contribution in [0.2, 0.25) is 0 Å². The van der Waals surface area contributed by atoms with E-state index in [1.165, 1.54) is 10.5 Å². The Bertz CT molecular complexity index is 567. The molecule has 0 fully saturated rings. The summed E-state index contributed by atoms with van der Waals surface area (Å²) in [7, 11) is 1.63. The van der Waals surface area contributed by atoms with Crippen molar-refractivity contribution in [1.82, 2.24) is 10.2 Å². The highest BCUT2D eigenvalue weighted by Crippen LogP contribution is 2.14. The van der Waals surface area contributed by atoms with Crippen LogP contribution >= 0.6 is 0 Å². The number of ether oxygens (including phenoxy) is 2. The van der Waals surface area contributed by atoms with E-state index in [4.69, 9.17) is 15.2 Å². The zero-order valence-corrected chi connectivity index (χ0v) is 16.2. The van der Waals surface area contributed by atoms with E-state index in [-0.39, 0.29) is 6.09 Å². The molecule has 1 rings (SSSR count). The van der Waals surface area contributed by atoms with Crippen LogP contribution in [0.3, 0.4) is 0 Å². The average Bonchev–Trinajstić information content (AvgIpc) is 2.54. The van der Waals surface area contributed by atoms with Crippen molar-refractivity contribution in [1.29, 1.82) is 0 Å². The van der Waals surface area contributed by atoms with Crippen molar-refractivity contribution < 1.29 is 19.1 Å². The van der Waals surface area contributed by atoms with Crippen molar-refractivity contribution >= 4 is 12.1 Å². The maximum absolute atomic E-state index is 11.5. The van der Waals surface area contributed by atoms with Crippen molar-refractivity contribution in [2.75, 3.05) is 26.7 Å². The second-order valence-electron chi connectivity index (χ2n) is 7.14. The van der Waals surface area contributed by atoms with Crippen LogP contribution in [0, 0.1) is 0 Å². The zero-order chi connectivity index (χ0) is 19.6. The molecule has 146 valence electrons. The fourth-order valence-corrected chi connectivity index (χ4v) is 2.12. The number of rotatable bonds is 9. The maximum atomic E-state index is 11.5. The number of nitrogens with zero attached hydrogens (tertiary/aromatic N) is 1. The summed E-state index contributed by atoms with van der Waals surface area (Å²) in [6.45, 7) is 6.97. The van der Waals surface area contributed by atoms with Crippen LogP contribution in [0.25, 0.3) is 0 Å². The van der Waals surface area contributed by atoms with Crippen LogP contribution in [-0.4, -0.2) is 49.4 Å². The molecule has 7 heteroatoms. The minimum absolute atomic E-state index is 0.374. The third-order valence-corrected chi connectivity index (χ3v) is 3.56. The molecule has 0 atom stereocenters. The molecule has 0 saturated carbocycles. The molecule has 0 radical (unpaired) electrons. The molecule has 0 unspecified atom stereocenters. The molecule has 0 aliphatic heterocycles. The second-order valence-corrected chi connectivity index (χ2v) is 7.14. The van der Waals surface area contributed by atoms with Gasteiger partial charge in [-0.05, 0) is 57.7 Å². The second kappa shape index (κ2) is 10.5. The van der Waals surface area contributed by atoms with Gasteiger partial charge in [-0.1, -0.05) is 12.1 Å². The number of aryl methyl sites for hydroxylation is 1. The smallest absolute Gasteiger partial charge is 0.407 e. The monoisotopic (exact) mass is 365 g/mol. The molecule has 3 amide bonds. The highest BCUT2D eigenvalue weighted by atomic mass is 16.6. The van der Waals surface area contributed by atoms with E-state index in [2.05, 4.69) is 5.32 Å². The summed E-state index contributed by atoms with van der Waals surface area (Å²) in [6, 6.07) is 7.41. The molecule has 1 aromatic carbocycles. The van der Waals surface area contributed by atoms with E-state index in [9.17, 15) is 9.59 Å². The average molecular weight is 365 g/mol. The van der Waals surface area contributed by atoms with Crippen molar-refractivity contribution in [2.24, 2.45) is 5.73 Å². The zero-order valence-electron chi connectivity index (χ0n) is 16.2. The van der Waals surface area contributed by atoms with Crippen LogP contribution in [0.5, 0.6) is 5.75 Å². The highest BCUT2D eigenvalue weighted by molar-refractivity contribution is 5.71. The van der Waals surface area contributed by atoms with E-state index in [1.807, 2.05) is 45.0 Å². The normalized spacial score (nSPS) is 10.9. The number of benzene rings is 1. The quantitative estimate of drug-likeness (QED) is 0.658. The van der Waals surface area contributed by atoms with Gasteiger partial charge in [0.2, 0.25) is 0 Å². The van der Waals surface area contributed by atoms with Gasteiger partial charge in [0.25, 0.3) is 0 Å². The molecule has 0 spiro atoms. The molecule has 26 heavy (non-hydrogen) atoms. The lowest BCUT2D eigenvalue weighted by Crippen LogP contribution is -2.35. The van der Waals surface area contributed by atoms with Gasteiger partial charge in [-0.2, -0.15) is 0 Å². The SMILES string of the molecule is CN(CCOc1ccc(CCCCNC(=O)OC(C)(C)C)cc1)C(N)=O. The van der Waals surface area contributed by atoms with E-state index in [1.54, 1.807) is 7.05 Å². The molecule has 1 aromatic rings. The largest absolute Gasteiger partial charge is 0.492 e. The molecular weight excluding hydrogens is 334 g/mol. The summed E-state index contributed by atoms with van der Waals surface area (Å²) in [5, 5.41) is 2.76. The lowest BCUT2D eigenvalue weighted by molar-refractivity contribution is 0.0527. The Hall–Kier alpha value is -2.44. The number of carbonyl (C=O) groups is 2. The van der Waals surface area contributed by atoms with Crippen molar-refractivity contribution in [3.63, 3.8) is 0 Å². The predicted octanol–water partition coefficient (Wildman–Crippen LogP) is 2.92. The molecule has 0 aromatic heterocycles. The third kappa shape index (κ3) is 9.76. The Balaban J connectivity index is 2.19. The first-order valence-corrected chi connectivity index (χ1v) is 8.86. The number of unbranched alkanes of at least 4 members (excludes halogenated alkanes) is 1. The van der Waals surface area contributed by atoms with Crippen LogP contribution in [0.15, 0.2) is 24.3 Å². The predicted molar refractivity (Wildman–Crippen MR) is 101 cm³/mol. The number of urea groups is 1. The molecule has 0 heterocycles. The van der Waals surface area contributed by atoms with Crippen LogP contribution < -0.4 is 15.8 Å². The van der Waals surface area contributed by atoms with Crippen molar-refractivity contribution in [3.8, 4) is 5.75 Å². The minimum atomic E-state index is -0.469.